The number of oxazole rings is 1. The fourth-order valence-electron chi connectivity index (χ4n) is 4.85. The summed E-state index contributed by atoms with van der Waals surface area (Å²) in [6.45, 7) is 11.8. The summed E-state index contributed by atoms with van der Waals surface area (Å²) in [5.74, 6) is 3.28. The Morgan fingerprint density at radius 1 is 1.07 bits per heavy atom. The number of ether oxygens (including phenoxy) is 1. The number of hydrogen-bond acceptors (Lipinski definition) is 10. The smallest absolute Gasteiger partial charge is 0.410 e. The monoisotopic (exact) mass is 542 g/mol. The van der Waals surface area contributed by atoms with Gasteiger partial charge >= 0.3 is 12.1 Å². The summed E-state index contributed by atoms with van der Waals surface area (Å²) < 4.78 is 11.3. The summed E-state index contributed by atoms with van der Waals surface area (Å²) in [5.41, 5.74) is 3.11. The highest BCUT2D eigenvalue weighted by atomic mass is 16.6. The second kappa shape index (κ2) is 10.0. The van der Waals surface area contributed by atoms with Crippen LogP contribution in [0.3, 0.4) is 0 Å². The molecule has 11 heteroatoms. The predicted molar refractivity (Wildman–Crippen MR) is 152 cm³/mol. The number of nitrogens with one attached hydrogen (secondary N) is 1. The molecule has 1 saturated heterocycles. The summed E-state index contributed by atoms with van der Waals surface area (Å²) in [7, 11) is 0. The molecule has 2 aliphatic rings. The van der Waals surface area contributed by atoms with E-state index in [4.69, 9.17) is 19.1 Å². The van der Waals surface area contributed by atoms with Crippen LogP contribution in [0, 0.1) is 13.8 Å². The largest absolute Gasteiger partial charge is 0.444 e. The van der Waals surface area contributed by atoms with E-state index in [9.17, 15) is 4.79 Å². The summed E-state index contributed by atoms with van der Waals surface area (Å²) >= 11 is 0. The first kappa shape index (κ1) is 26.0. The third kappa shape index (κ3) is 5.41. The Bertz CT molecular complexity index is 1550. The molecule has 1 aliphatic heterocycles. The molecule has 0 bridgehead atoms. The van der Waals surface area contributed by atoms with Crippen molar-refractivity contribution in [2.24, 2.45) is 0 Å². The number of amides is 1. The highest BCUT2D eigenvalue weighted by Crippen LogP contribution is 2.45. The van der Waals surface area contributed by atoms with E-state index in [1.165, 1.54) is 5.56 Å². The Hall–Kier alpha value is -4.28. The predicted octanol–water partition coefficient (Wildman–Crippen LogP) is 5.37. The maximum Gasteiger partial charge on any atom is 0.410 e. The average Bonchev–Trinajstić information content (AvgIpc) is 3.72. The first-order valence-electron chi connectivity index (χ1n) is 13.7. The number of rotatable bonds is 5. The Labute approximate surface area is 233 Å². The highest BCUT2D eigenvalue weighted by Gasteiger charge is 2.31. The topological polar surface area (TPSA) is 122 Å². The van der Waals surface area contributed by atoms with Gasteiger partial charge in [-0.2, -0.15) is 4.98 Å². The fourth-order valence-corrected chi connectivity index (χ4v) is 4.85. The van der Waals surface area contributed by atoms with E-state index < -0.39 is 5.60 Å². The van der Waals surface area contributed by atoms with Gasteiger partial charge in [0.05, 0.1) is 17.4 Å². The maximum absolute atomic E-state index is 12.7. The van der Waals surface area contributed by atoms with Gasteiger partial charge < -0.3 is 19.0 Å². The molecule has 4 aromatic rings. The van der Waals surface area contributed by atoms with Gasteiger partial charge in [-0.15, -0.1) is 0 Å². The number of nitrogens with zero attached hydrogens (tertiary/aromatic N) is 7. The molecule has 4 aromatic heterocycles. The minimum atomic E-state index is -0.527. The van der Waals surface area contributed by atoms with Gasteiger partial charge in [0.15, 0.2) is 5.82 Å². The lowest BCUT2D eigenvalue weighted by atomic mass is 10.1. The summed E-state index contributed by atoms with van der Waals surface area (Å²) in [6, 6.07) is 4.17. The Kier molecular flexibility index (Phi) is 6.52. The second-order valence-corrected chi connectivity index (χ2v) is 11.4. The van der Waals surface area contributed by atoms with Crippen LogP contribution in [0.5, 0.6) is 0 Å². The lowest BCUT2D eigenvalue weighted by Gasteiger charge is -2.36. The number of carbonyl (C=O) groups excluding carboxylic acids is 1. The van der Waals surface area contributed by atoms with Crippen LogP contribution < -0.4 is 10.2 Å². The maximum atomic E-state index is 12.7. The zero-order valence-corrected chi connectivity index (χ0v) is 23.6. The molecule has 1 N–H and O–H groups in total. The van der Waals surface area contributed by atoms with E-state index in [0.717, 1.165) is 46.6 Å². The van der Waals surface area contributed by atoms with Crippen molar-refractivity contribution in [1.82, 2.24) is 29.8 Å². The first-order valence-corrected chi connectivity index (χ1v) is 13.7. The van der Waals surface area contributed by atoms with Gasteiger partial charge in [-0.3, -0.25) is 10.3 Å². The molecule has 0 unspecified atom stereocenters. The van der Waals surface area contributed by atoms with Crippen LogP contribution in [-0.4, -0.2) is 67.7 Å². The van der Waals surface area contributed by atoms with Gasteiger partial charge in [0.25, 0.3) is 0 Å². The number of aromatic nitrogens is 5. The number of pyridine rings is 2. The van der Waals surface area contributed by atoms with Crippen LogP contribution in [0.4, 0.5) is 22.4 Å². The number of carbonyl (C=O) groups is 1. The molecule has 1 amide bonds. The van der Waals surface area contributed by atoms with Crippen molar-refractivity contribution in [3.8, 4) is 11.4 Å². The molecule has 11 nitrogen and oxygen atoms in total. The van der Waals surface area contributed by atoms with Crippen molar-refractivity contribution in [2.45, 2.75) is 59.0 Å². The van der Waals surface area contributed by atoms with Gasteiger partial charge in [-0.25, -0.2) is 19.7 Å². The van der Waals surface area contributed by atoms with Gasteiger partial charge in [0, 0.05) is 49.5 Å². The molecule has 1 saturated carbocycles. The quantitative estimate of drug-likeness (QED) is 0.352. The standard InChI is InChI=1S/C29H34N8O3/c1-17-18(2)39-27(32-17)34-23-14-20(8-9-31-23)25-33-22-16-30-15-21(19-6-7-19)24(22)26(35-25)36-10-12-37(13-11-36)28(38)40-29(3,4)5/h8-9,14-16,19H,6-7,10-13H2,1-5H3,(H,31,32,34). The number of hydrogen-bond donors (Lipinski definition) is 1. The molecular formula is C29H34N8O3. The number of aryl methyl sites for hydroxylation is 2. The molecule has 1 aliphatic carbocycles. The zero-order chi connectivity index (χ0) is 28.0. The minimum Gasteiger partial charge on any atom is -0.444 e. The highest BCUT2D eigenvalue weighted by molar-refractivity contribution is 5.94. The number of anilines is 3. The Balaban J connectivity index is 1.33. The molecule has 0 aromatic carbocycles. The normalized spacial score (nSPS) is 15.9. The van der Waals surface area contributed by atoms with Crippen molar-refractivity contribution in [1.29, 1.82) is 0 Å². The summed E-state index contributed by atoms with van der Waals surface area (Å²) in [6.07, 6.45) is 7.49. The molecule has 2 fully saturated rings. The fraction of sp³-hybridized carbons (Fsp3) is 0.448. The lowest BCUT2D eigenvalue weighted by molar-refractivity contribution is 0.0240. The average molecular weight is 543 g/mol. The van der Waals surface area contributed by atoms with Crippen LogP contribution in [0.2, 0.25) is 0 Å². The third-order valence-corrected chi connectivity index (χ3v) is 7.15. The van der Waals surface area contributed by atoms with E-state index in [1.807, 2.05) is 59.1 Å². The Morgan fingerprint density at radius 3 is 2.52 bits per heavy atom. The van der Waals surface area contributed by atoms with Gasteiger partial charge in [-0.1, -0.05) is 0 Å². The first-order chi connectivity index (χ1) is 19.1. The van der Waals surface area contributed by atoms with Crippen molar-refractivity contribution in [2.75, 3.05) is 36.4 Å². The zero-order valence-electron chi connectivity index (χ0n) is 23.6. The molecule has 0 spiro atoms. The van der Waals surface area contributed by atoms with E-state index in [0.29, 0.717) is 49.8 Å². The van der Waals surface area contributed by atoms with Gasteiger partial charge in [-0.05, 0) is 71.1 Å². The van der Waals surface area contributed by atoms with Crippen LogP contribution >= 0.6 is 0 Å². The van der Waals surface area contributed by atoms with Crippen LogP contribution in [0.15, 0.2) is 35.1 Å². The van der Waals surface area contributed by atoms with Gasteiger partial charge in [0.1, 0.15) is 23.0 Å². The van der Waals surface area contributed by atoms with Crippen LogP contribution in [-0.2, 0) is 4.74 Å². The molecule has 40 heavy (non-hydrogen) atoms. The second-order valence-electron chi connectivity index (χ2n) is 11.4. The molecular weight excluding hydrogens is 508 g/mol. The van der Waals surface area contributed by atoms with Crippen LogP contribution in [0.1, 0.15) is 56.5 Å². The molecule has 6 rings (SSSR count). The molecule has 5 heterocycles. The van der Waals surface area contributed by atoms with Crippen molar-refractivity contribution < 1.29 is 13.9 Å². The lowest BCUT2D eigenvalue weighted by Crippen LogP contribution is -2.50. The van der Waals surface area contributed by atoms with Crippen molar-refractivity contribution in [3.05, 3.63) is 47.7 Å². The summed E-state index contributed by atoms with van der Waals surface area (Å²) in [5, 5.41) is 4.18. The Morgan fingerprint density at radius 2 is 1.85 bits per heavy atom. The third-order valence-electron chi connectivity index (χ3n) is 7.15. The van der Waals surface area contributed by atoms with E-state index in [1.54, 1.807) is 11.1 Å². The molecule has 0 atom stereocenters. The minimum absolute atomic E-state index is 0.281. The van der Waals surface area contributed by atoms with Gasteiger partial charge in [0.2, 0.25) is 0 Å². The van der Waals surface area contributed by atoms with Crippen LogP contribution in [0.25, 0.3) is 22.3 Å². The van der Waals surface area contributed by atoms with E-state index in [2.05, 4.69) is 25.2 Å². The van der Waals surface area contributed by atoms with E-state index >= 15 is 0 Å². The van der Waals surface area contributed by atoms with E-state index in [-0.39, 0.29) is 6.09 Å². The summed E-state index contributed by atoms with van der Waals surface area (Å²) in [4.78, 5) is 40.1. The molecule has 208 valence electrons. The molecule has 0 radical (unpaired) electrons. The van der Waals surface area contributed by atoms with Crippen molar-refractivity contribution in [3.63, 3.8) is 0 Å². The number of piperazine rings is 1. The van der Waals surface area contributed by atoms with Crippen molar-refractivity contribution >= 4 is 34.6 Å². The number of fused-ring (bicyclic) bond motifs is 1. The SMILES string of the molecule is Cc1nc(Nc2cc(-c3nc(N4CCN(C(=O)OC(C)(C)C)CC4)c4c(C5CC5)cncc4n3)ccn2)oc1C.